The van der Waals surface area contributed by atoms with E-state index in [-0.39, 0.29) is 22.1 Å². The predicted octanol–water partition coefficient (Wildman–Crippen LogP) is 4.61. The number of nitrogens with zero attached hydrogens (tertiary/aromatic N) is 2. The standard InChI is InChI=1S/C22H17ClN4O4S/c1-31-22(28)16-6-2-3-7-17(16)24-20-21(26-19-9-5-4-8-18(19)25-20)27-32(29,30)15-12-10-14(23)11-13-15/h2-13H,1H3,(H,24,25)(H,26,27). The molecule has 0 aliphatic rings. The minimum Gasteiger partial charge on any atom is -0.465 e. The Hall–Kier alpha value is -3.69. The van der Waals surface area contributed by atoms with Crippen molar-refractivity contribution in [3.63, 3.8) is 0 Å². The first-order valence-corrected chi connectivity index (χ1v) is 11.2. The number of ether oxygens (including phenoxy) is 1. The smallest absolute Gasteiger partial charge is 0.339 e. The number of sulfonamides is 1. The maximum atomic E-state index is 13.0. The molecule has 32 heavy (non-hydrogen) atoms. The highest BCUT2D eigenvalue weighted by Gasteiger charge is 2.20. The van der Waals surface area contributed by atoms with Crippen molar-refractivity contribution in [1.82, 2.24) is 9.97 Å². The first kappa shape index (κ1) is 21.5. The summed E-state index contributed by atoms with van der Waals surface area (Å²) in [6, 6.07) is 19.4. The van der Waals surface area contributed by atoms with E-state index < -0.39 is 16.0 Å². The van der Waals surface area contributed by atoms with Gasteiger partial charge >= 0.3 is 5.97 Å². The number of halogens is 1. The summed E-state index contributed by atoms with van der Waals surface area (Å²) >= 11 is 5.87. The summed E-state index contributed by atoms with van der Waals surface area (Å²) in [6.07, 6.45) is 0. The number of para-hydroxylation sites is 3. The maximum Gasteiger partial charge on any atom is 0.339 e. The van der Waals surface area contributed by atoms with Crippen LogP contribution in [0.1, 0.15) is 10.4 Å². The normalized spacial score (nSPS) is 11.2. The summed E-state index contributed by atoms with van der Waals surface area (Å²) < 4.78 is 33.2. The highest BCUT2D eigenvalue weighted by atomic mass is 35.5. The third-order valence-electron chi connectivity index (χ3n) is 4.51. The molecule has 0 aliphatic heterocycles. The number of methoxy groups -OCH3 is 1. The van der Waals surface area contributed by atoms with Crippen LogP contribution in [0.5, 0.6) is 0 Å². The van der Waals surface area contributed by atoms with Crippen molar-refractivity contribution < 1.29 is 17.9 Å². The van der Waals surface area contributed by atoms with Gasteiger partial charge in [-0.05, 0) is 48.5 Å². The molecule has 0 amide bonds. The number of carbonyl (C=O) groups excluding carboxylic acids is 1. The van der Waals surface area contributed by atoms with Gasteiger partial charge < -0.3 is 10.1 Å². The van der Waals surface area contributed by atoms with Crippen molar-refractivity contribution in [3.05, 3.63) is 83.4 Å². The van der Waals surface area contributed by atoms with Crippen LogP contribution in [0.2, 0.25) is 5.02 Å². The van der Waals surface area contributed by atoms with Gasteiger partial charge in [-0.25, -0.2) is 23.2 Å². The molecule has 0 radical (unpaired) electrons. The number of fused-ring (bicyclic) bond motifs is 1. The van der Waals surface area contributed by atoms with Gasteiger partial charge in [0, 0.05) is 5.02 Å². The summed E-state index contributed by atoms with van der Waals surface area (Å²) in [4.78, 5) is 21.1. The Morgan fingerprint density at radius 1 is 0.875 bits per heavy atom. The van der Waals surface area contributed by atoms with E-state index in [1.165, 1.54) is 31.4 Å². The summed E-state index contributed by atoms with van der Waals surface area (Å²) in [7, 11) is -2.71. The van der Waals surface area contributed by atoms with E-state index in [1.54, 1.807) is 48.5 Å². The topological polar surface area (TPSA) is 110 Å². The lowest BCUT2D eigenvalue weighted by Gasteiger charge is -2.15. The minimum atomic E-state index is -3.99. The Balaban J connectivity index is 1.80. The fourth-order valence-corrected chi connectivity index (χ4v) is 4.10. The minimum absolute atomic E-state index is 0.0118. The second-order valence-corrected chi connectivity index (χ2v) is 8.75. The lowest BCUT2D eigenvalue weighted by molar-refractivity contribution is 0.0602. The zero-order chi connectivity index (χ0) is 22.7. The van der Waals surface area contributed by atoms with Crippen LogP contribution in [-0.4, -0.2) is 31.5 Å². The van der Waals surface area contributed by atoms with Crippen molar-refractivity contribution in [2.45, 2.75) is 4.90 Å². The van der Waals surface area contributed by atoms with E-state index in [4.69, 9.17) is 16.3 Å². The average Bonchev–Trinajstić information content (AvgIpc) is 2.79. The van der Waals surface area contributed by atoms with E-state index in [0.717, 1.165) is 0 Å². The Morgan fingerprint density at radius 2 is 1.47 bits per heavy atom. The molecule has 10 heteroatoms. The summed E-state index contributed by atoms with van der Waals surface area (Å²) in [6.45, 7) is 0. The molecule has 0 unspecified atom stereocenters. The van der Waals surface area contributed by atoms with Crippen LogP contribution in [0.15, 0.2) is 77.7 Å². The summed E-state index contributed by atoms with van der Waals surface area (Å²) in [5.74, 6) is -0.457. The van der Waals surface area contributed by atoms with Crippen LogP contribution >= 0.6 is 11.6 Å². The summed E-state index contributed by atoms with van der Waals surface area (Å²) in [5, 5.41) is 3.42. The molecule has 1 heterocycles. The average molecular weight is 469 g/mol. The van der Waals surface area contributed by atoms with Gasteiger partial charge in [-0.2, -0.15) is 0 Å². The summed E-state index contributed by atoms with van der Waals surface area (Å²) in [5.41, 5.74) is 1.68. The highest BCUT2D eigenvalue weighted by Crippen LogP contribution is 2.29. The van der Waals surface area contributed by atoms with Gasteiger partial charge in [0.05, 0.1) is 34.3 Å². The third-order valence-corrected chi connectivity index (χ3v) is 6.12. The monoisotopic (exact) mass is 468 g/mol. The number of carbonyl (C=O) groups is 1. The van der Waals surface area contributed by atoms with E-state index in [2.05, 4.69) is 20.0 Å². The molecule has 0 aliphatic carbocycles. The highest BCUT2D eigenvalue weighted by molar-refractivity contribution is 7.92. The molecular weight excluding hydrogens is 452 g/mol. The quantitative estimate of drug-likeness (QED) is 0.397. The molecule has 0 saturated carbocycles. The Kier molecular flexibility index (Phi) is 5.93. The Bertz CT molecular complexity index is 1410. The van der Waals surface area contributed by atoms with Crippen molar-refractivity contribution in [2.75, 3.05) is 17.1 Å². The Labute approximate surface area is 189 Å². The molecule has 4 rings (SSSR count). The predicted molar refractivity (Wildman–Crippen MR) is 123 cm³/mol. The van der Waals surface area contributed by atoms with E-state index in [1.807, 2.05) is 0 Å². The molecule has 0 fully saturated rings. The number of nitrogens with one attached hydrogen (secondary N) is 2. The number of esters is 1. The molecule has 0 bridgehead atoms. The maximum absolute atomic E-state index is 13.0. The molecule has 1 aromatic heterocycles. The molecule has 0 spiro atoms. The van der Waals surface area contributed by atoms with Gasteiger partial charge in [-0.3, -0.25) is 4.72 Å². The second-order valence-electron chi connectivity index (χ2n) is 6.63. The van der Waals surface area contributed by atoms with Crippen LogP contribution < -0.4 is 10.0 Å². The van der Waals surface area contributed by atoms with Crippen LogP contribution in [0.4, 0.5) is 17.3 Å². The van der Waals surface area contributed by atoms with Crippen LogP contribution in [0, 0.1) is 0 Å². The van der Waals surface area contributed by atoms with Gasteiger partial charge in [0.1, 0.15) is 0 Å². The van der Waals surface area contributed by atoms with E-state index in [9.17, 15) is 13.2 Å². The molecular formula is C22H17ClN4O4S. The van der Waals surface area contributed by atoms with E-state index in [0.29, 0.717) is 21.7 Å². The fraction of sp³-hybridized carbons (Fsp3) is 0.0455. The van der Waals surface area contributed by atoms with Crippen molar-refractivity contribution >= 4 is 56.0 Å². The molecule has 8 nitrogen and oxygen atoms in total. The van der Waals surface area contributed by atoms with Crippen molar-refractivity contribution in [3.8, 4) is 0 Å². The van der Waals surface area contributed by atoms with Crippen molar-refractivity contribution in [2.24, 2.45) is 0 Å². The molecule has 0 atom stereocenters. The molecule has 0 saturated heterocycles. The first-order chi connectivity index (χ1) is 15.4. The number of aromatic nitrogens is 2. The van der Waals surface area contributed by atoms with Gasteiger partial charge in [0.2, 0.25) is 0 Å². The number of hydrogen-bond donors (Lipinski definition) is 2. The van der Waals surface area contributed by atoms with Gasteiger partial charge in [-0.1, -0.05) is 35.9 Å². The first-order valence-electron chi connectivity index (χ1n) is 9.37. The lowest BCUT2D eigenvalue weighted by atomic mass is 10.2. The fourth-order valence-electron chi connectivity index (χ4n) is 2.97. The zero-order valence-electron chi connectivity index (χ0n) is 16.7. The zero-order valence-corrected chi connectivity index (χ0v) is 18.3. The number of benzene rings is 3. The molecule has 4 aromatic rings. The van der Waals surface area contributed by atoms with Crippen LogP contribution in [0.3, 0.4) is 0 Å². The van der Waals surface area contributed by atoms with Gasteiger partial charge in [-0.15, -0.1) is 0 Å². The molecule has 3 aromatic carbocycles. The molecule has 162 valence electrons. The Morgan fingerprint density at radius 3 is 2.12 bits per heavy atom. The second kappa shape index (κ2) is 8.81. The van der Waals surface area contributed by atoms with Crippen LogP contribution in [0.25, 0.3) is 11.0 Å². The lowest BCUT2D eigenvalue weighted by Crippen LogP contribution is -2.16. The van der Waals surface area contributed by atoms with Crippen molar-refractivity contribution in [1.29, 1.82) is 0 Å². The number of rotatable bonds is 6. The number of anilines is 3. The number of hydrogen-bond acceptors (Lipinski definition) is 7. The molecule has 2 N–H and O–H groups in total. The SMILES string of the molecule is COC(=O)c1ccccc1Nc1nc2ccccc2nc1NS(=O)(=O)c1ccc(Cl)cc1. The van der Waals surface area contributed by atoms with Gasteiger partial charge in [0.25, 0.3) is 10.0 Å². The third kappa shape index (κ3) is 4.48. The van der Waals surface area contributed by atoms with Gasteiger partial charge in [0.15, 0.2) is 11.6 Å². The van der Waals surface area contributed by atoms with E-state index >= 15 is 0 Å². The largest absolute Gasteiger partial charge is 0.465 e. The van der Waals surface area contributed by atoms with Crippen LogP contribution in [-0.2, 0) is 14.8 Å².